The van der Waals surface area contributed by atoms with Crippen LogP contribution >= 0.6 is 0 Å². The van der Waals surface area contributed by atoms with Crippen LogP contribution in [0.15, 0.2) is 24.3 Å². The van der Waals surface area contributed by atoms with Crippen molar-refractivity contribution in [3.63, 3.8) is 0 Å². The van der Waals surface area contributed by atoms with Crippen molar-refractivity contribution in [2.24, 2.45) is 5.73 Å². The Hall–Kier alpha value is -0.860. The number of benzene rings is 1. The molecule has 0 saturated carbocycles. The Morgan fingerprint density at radius 3 is 2.71 bits per heavy atom. The lowest BCUT2D eigenvalue weighted by Crippen LogP contribution is -2.32. The van der Waals surface area contributed by atoms with E-state index in [1.165, 1.54) is 11.1 Å². The van der Waals surface area contributed by atoms with Gasteiger partial charge in [-0.15, -0.1) is 0 Å². The second kappa shape index (κ2) is 5.13. The van der Waals surface area contributed by atoms with Gasteiger partial charge < -0.3 is 10.6 Å². The molecule has 0 heterocycles. The van der Waals surface area contributed by atoms with Crippen molar-refractivity contribution in [1.29, 1.82) is 0 Å². The van der Waals surface area contributed by atoms with Crippen LogP contribution in [0, 0.1) is 6.92 Å². The summed E-state index contributed by atoms with van der Waals surface area (Å²) >= 11 is 0. The average Bonchev–Trinajstić information content (AvgIpc) is 2.01. The summed E-state index contributed by atoms with van der Waals surface area (Å²) in [4.78, 5) is 2.25. The van der Waals surface area contributed by atoms with Crippen molar-refractivity contribution in [2.75, 3.05) is 13.6 Å². The molecular formula is C12H20N2. The summed E-state index contributed by atoms with van der Waals surface area (Å²) in [6, 6.07) is 8.84. The van der Waals surface area contributed by atoms with Gasteiger partial charge >= 0.3 is 0 Å². The highest BCUT2D eigenvalue weighted by Crippen LogP contribution is 2.06. The maximum absolute atomic E-state index is 5.74. The van der Waals surface area contributed by atoms with Crippen LogP contribution in [0.4, 0.5) is 0 Å². The van der Waals surface area contributed by atoms with Gasteiger partial charge in [-0.1, -0.05) is 29.8 Å². The van der Waals surface area contributed by atoms with E-state index in [0.717, 1.165) is 13.1 Å². The third-order valence-electron chi connectivity index (χ3n) is 2.13. The minimum absolute atomic E-state index is 0.241. The largest absolute Gasteiger partial charge is 0.327 e. The lowest BCUT2D eigenvalue weighted by molar-refractivity contribution is 0.310. The zero-order chi connectivity index (χ0) is 10.6. The summed E-state index contributed by atoms with van der Waals surface area (Å²) in [5.74, 6) is 0. The summed E-state index contributed by atoms with van der Waals surface area (Å²) in [7, 11) is 2.10. The highest BCUT2D eigenvalue weighted by molar-refractivity contribution is 5.21. The lowest BCUT2D eigenvalue weighted by atomic mass is 10.1. The molecule has 1 rings (SSSR count). The second-order valence-corrected chi connectivity index (χ2v) is 4.16. The van der Waals surface area contributed by atoms with E-state index in [2.05, 4.69) is 43.1 Å². The van der Waals surface area contributed by atoms with Gasteiger partial charge in [0.2, 0.25) is 0 Å². The van der Waals surface area contributed by atoms with E-state index in [9.17, 15) is 0 Å². The van der Waals surface area contributed by atoms with Crippen LogP contribution in [-0.4, -0.2) is 24.5 Å². The first kappa shape index (κ1) is 11.2. The minimum Gasteiger partial charge on any atom is -0.327 e. The van der Waals surface area contributed by atoms with Gasteiger partial charge in [-0.2, -0.15) is 0 Å². The predicted octanol–water partition coefficient (Wildman–Crippen LogP) is 1.77. The second-order valence-electron chi connectivity index (χ2n) is 4.16. The van der Waals surface area contributed by atoms with Crippen molar-refractivity contribution < 1.29 is 0 Å². The molecule has 1 unspecified atom stereocenters. The Labute approximate surface area is 86.7 Å². The maximum atomic E-state index is 5.74. The molecule has 0 radical (unpaired) electrons. The molecule has 2 N–H and O–H groups in total. The van der Waals surface area contributed by atoms with Gasteiger partial charge in [0.1, 0.15) is 0 Å². The molecule has 1 aromatic rings. The van der Waals surface area contributed by atoms with E-state index in [1.54, 1.807) is 0 Å². The van der Waals surface area contributed by atoms with Crippen molar-refractivity contribution in [3.8, 4) is 0 Å². The normalized spacial score (nSPS) is 13.2. The molecular weight excluding hydrogens is 172 g/mol. The molecule has 0 saturated heterocycles. The Kier molecular flexibility index (Phi) is 4.11. The highest BCUT2D eigenvalue weighted by Gasteiger charge is 2.02. The molecule has 0 aliphatic heterocycles. The van der Waals surface area contributed by atoms with Gasteiger partial charge in [-0.3, -0.25) is 0 Å². The van der Waals surface area contributed by atoms with Gasteiger partial charge in [0.15, 0.2) is 0 Å². The minimum atomic E-state index is 0.241. The molecule has 0 aliphatic rings. The highest BCUT2D eigenvalue weighted by atomic mass is 15.1. The van der Waals surface area contributed by atoms with Crippen LogP contribution in [0.25, 0.3) is 0 Å². The average molecular weight is 192 g/mol. The van der Waals surface area contributed by atoms with E-state index in [0.29, 0.717) is 0 Å². The Morgan fingerprint density at radius 1 is 1.43 bits per heavy atom. The summed E-state index contributed by atoms with van der Waals surface area (Å²) in [6.07, 6.45) is 0. The molecule has 1 atom stereocenters. The molecule has 1 aromatic carbocycles. The number of hydrogen-bond donors (Lipinski definition) is 1. The number of likely N-dealkylation sites (N-methyl/N-ethyl adjacent to an activating group) is 1. The lowest BCUT2D eigenvalue weighted by Gasteiger charge is -2.18. The van der Waals surface area contributed by atoms with Crippen LogP contribution in [0.3, 0.4) is 0 Å². The molecule has 14 heavy (non-hydrogen) atoms. The van der Waals surface area contributed by atoms with Crippen molar-refractivity contribution in [2.45, 2.75) is 26.4 Å². The van der Waals surface area contributed by atoms with E-state index in [4.69, 9.17) is 5.73 Å². The molecule has 78 valence electrons. The van der Waals surface area contributed by atoms with E-state index < -0.39 is 0 Å². The zero-order valence-electron chi connectivity index (χ0n) is 9.33. The van der Waals surface area contributed by atoms with Crippen LogP contribution < -0.4 is 5.73 Å². The summed E-state index contributed by atoms with van der Waals surface area (Å²) in [5, 5.41) is 0. The molecule has 0 spiro atoms. The first-order valence-electron chi connectivity index (χ1n) is 5.07. The zero-order valence-corrected chi connectivity index (χ0v) is 9.33. The maximum Gasteiger partial charge on any atom is 0.0231 e. The molecule has 0 aromatic heterocycles. The Morgan fingerprint density at radius 2 is 2.14 bits per heavy atom. The number of hydrogen-bond acceptors (Lipinski definition) is 2. The quantitative estimate of drug-likeness (QED) is 0.788. The smallest absolute Gasteiger partial charge is 0.0231 e. The summed E-state index contributed by atoms with van der Waals surface area (Å²) in [5.41, 5.74) is 8.41. The third-order valence-corrected chi connectivity index (χ3v) is 2.13. The molecule has 2 nitrogen and oxygen atoms in total. The van der Waals surface area contributed by atoms with Crippen molar-refractivity contribution in [3.05, 3.63) is 35.4 Å². The van der Waals surface area contributed by atoms with E-state index in [-0.39, 0.29) is 6.04 Å². The number of nitrogens with two attached hydrogens (primary N) is 1. The fourth-order valence-corrected chi connectivity index (χ4v) is 1.68. The number of nitrogens with zero attached hydrogens (tertiary/aromatic N) is 1. The topological polar surface area (TPSA) is 29.3 Å². The van der Waals surface area contributed by atoms with Crippen LogP contribution in [0.1, 0.15) is 18.1 Å². The number of rotatable bonds is 4. The molecule has 0 amide bonds. The van der Waals surface area contributed by atoms with Crippen LogP contribution in [0.2, 0.25) is 0 Å². The monoisotopic (exact) mass is 192 g/mol. The third kappa shape index (κ3) is 3.90. The first-order valence-corrected chi connectivity index (χ1v) is 5.07. The summed E-state index contributed by atoms with van der Waals surface area (Å²) < 4.78 is 0. The van der Waals surface area contributed by atoms with Crippen molar-refractivity contribution in [1.82, 2.24) is 4.90 Å². The summed E-state index contributed by atoms with van der Waals surface area (Å²) in [6.45, 7) is 6.07. The van der Waals surface area contributed by atoms with Crippen LogP contribution in [0.5, 0.6) is 0 Å². The molecule has 0 bridgehead atoms. The van der Waals surface area contributed by atoms with E-state index in [1.807, 2.05) is 6.92 Å². The van der Waals surface area contributed by atoms with Crippen LogP contribution in [-0.2, 0) is 6.54 Å². The number of aryl methyl sites for hydroxylation is 1. The standard InChI is InChI=1S/C12H20N2/c1-10-5-4-6-12(7-10)9-14(3)8-11(2)13/h4-7,11H,8-9,13H2,1-3H3. The first-order chi connectivity index (χ1) is 6.58. The van der Waals surface area contributed by atoms with Gasteiger partial charge in [-0.05, 0) is 26.5 Å². The van der Waals surface area contributed by atoms with Gasteiger partial charge in [0.05, 0.1) is 0 Å². The van der Waals surface area contributed by atoms with E-state index >= 15 is 0 Å². The van der Waals surface area contributed by atoms with Gasteiger partial charge in [-0.25, -0.2) is 0 Å². The van der Waals surface area contributed by atoms with Gasteiger partial charge in [0.25, 0.3) is 0 Å². The van der Waals surface area contributed by atoms with Gasteiger partial charge in [0, 0.05) is 19.1 Å². The Balaban J connectivity index is 2.51. The molecule has 2 heteroatoms. The fraction of sp³-hybridized carbons (Fsp3) is 0.500. The molecule has 0 aliphatic carbocycles. The Bertz CT molecular complexity index is 281. The predicted molar refractivity (Wildman–Crippen MR) is 61.2 cm³/mol. The fourth-order valence-electron chi connectivity index (χ4n) is 1.68. The molecule has 0 fully saturated rings. The SMILES string of the molecule is Cc1cccc(CN(C)CC(C)N)c1. The van der Waals surface area contributed by atoms with Crippen molar-refractivity contribution >= 4 is 0 Å².